The smallest absolute Gasteiger partial charge is 0.0616 e. The Morgan fingerprint density at radius 3 is 2.92 bits per heavy atom. The van der Waals surface area contributed by atoms with Gasteiger partial charge < -0.3 is 14.8 Å². The number of likely N-dealkylation sites (N-methyl/N-ethyl adjacent to an activating group) is 1. The molecule has 0 amide bonds. The second-order valence-electron chi connectivity index (χ2n) is 3.67. The second-order valence-corrected chi connectivity index (χ2v) is 3.67. The van der Waals surface area contributed by atoms with Crippen molar-refractivity contribution in [3.05, 3.63) is 0 Å². The van der Waals surface area contributed by atoms with Crippen LogP contribution in [-0.4, -0.2) is 39.5 Å². The predicted molar refractivity (Wildman–Crippen MR) is 52.9 cm³/mol. The van der Waals surface area contributed by atoms with Crippen molar-refractivity contribution in [1.82, 2.24) is 5.32 Å². The summed E-state index contributed by atoms with van der Waals surface area (Å²) in [7, 11) is 3.72. The van der Waals surface area contributed by atoms with E-state index in [1.165, 1.54) is 19.3 Å². The summed E-state index contributed by atoms with van der Waals surface area (Å²) in [6, 6.07) is 0.438. The molecule has 2 unspecified atom stereocenters. The van der Waals surface area contributed by atoms with E-state index in [0.717, 1.165) is 19.6 Å². The summed E-state index contributed by atoms with van der Waals surface area (Å²) in [6.07, 6.45) is 5.27. The Kier molecular flexibility index (Phi) is 5.35. The molecule has 0 saturated carbocycles. The summed E-state index contributed by atoms with van der Waals surface area (Å²) in [5.41, 5.74) is 0. The highest BCUT2D eigenvalue weighted by molar-refractivity contribution is 4.72. The topological polar surface area (TPSA) is 30.5 Å². The largest absolute Gasteiger partial charge is 0.383 e. The lowest BCUT2D eigenvalue weighted by molar-refractivity contribution is -0.0000846. The first kappa shape index (κ1) is 11.0. The van der Waals surface area contributed by atoms with E-state index in [0.29, 0.717) is 12.1 Å². The van der Waals surface area contributed by atoms with Gasteiger partial charge in [-0.05, 0) is 32.7 Å². The number of rotatable bonds is 5. The van der Waals surface area contributed by atoms with E-state index in [2.05, 4.69) is 5.32 Å². The molecule has 1 saturated heterocycles. The van der Waals surface area contributed by atoms with Crippen molar-refractivity contribution in [2.45, 2.75) is 37.8 Å². The van der Waals surface area contributed by atoms with Crippen LogP contribution in [0.1, 0.15) is 25.7 Å². The van der Waals surface area contributed by atoms with Gasteiger partial charge in [-0.1, -0.05) is 0 Å². The van der Waals surface area contributed by atoms with Crippen LogP contribution in [0.15, 0.2) is 0 Å². The molecule has 0 aromatic heterocycles. The highest BCUT2D eigenvalue weighted by Crippen LogP contribution is 2.16. The molecule has 1 N–H and O–H groups in total. The molecule has 1 heterocycles. The minimum absolute atomic E-state index is 0.438. The molecule has 3 nitrogen and oxygen atoms in total. The van der Waals surface area contributed by atoms with Gasteiger partial charge in [0.05, 0.1) is 12.7 Å². The average molecular weight is 187 g/mol. The Morgan fingerprint density at radius 2 is 2.38 bits per heavy atom. The van der Waals surface area contributed by atoms with Crippen LogP contribution >= 0.6 is 0 Å². The summed E-state index contributed by atoms with van der Waals surface area (Å²) < 4.78 is 10.8. The van der Waals surface area contributed by atoms with Gasteiger partial charge in [-0.2, -0.15) is 0 Å². The van der Waals surface area contributed by atoms with E-state index in [-0.39, 0.29) is 0 Å². The molecule has 0 radical (unpaired) electrons. The van der Waals surface area contributed by atoms with Crippen LogP contribution in [-0.2, 0) is 9.47 Å². The molecule has 1 fully saturated rings. The van der Waals surface area contributed by atoms with Crippen molar-refractivity contribution in [2.24, 2.45) is 0 Å². The van der Waals surface area contributed by atoms with Crippen LogP contribution in [0.4, 0.5) is 0 Å². The maximum absolute atomic E-state index is 5.66. The fourth-order valence-electron chi connectivity index (χ4n) is 1.78. The monoisotopic (exact) mass is 187 g/mol. The Balaban J connectivity index is 2.18. The molecule has 1 rings (SSSR count). The van der Waals surface area contributed by atoms with Crippen LogP contribution in [0.5, 0.6) is 0 Å². The van der Waals surface area contributed by atoms with E-state index >= 15 is 0 Å². The van der Waals surface area contributed by atoms with Crippen LogP contribution in [0.2, 0.25) is 0 Å². The quantitative estimate of drug-likeness (QED) is 0.701. The van der Waals surface area contributed by atoms with E-state index in [9.17, 15) is 0 Å². The lowest BCUT2D eigenvalue weighted by Crippen LogP contribution is -2.35. The molecule has 13 heavy (non-hydrogen) atoms. The zero-order valence-electron chi connectivity index (χ0n) is 8.71. The van der Waals surface area contributed by atoms with Crippen LogP contribution in [0.25, 0.3) is 0 Å². The Hall–Kier alpha value is -0.120. The predicted octanol–water partition coefficient (Wildman–Crippen LogP) is 1.18. The highest BCUT2D eigenvalue weighted by atomic mass is 16.5. The molecule has 0 aliphatic carbocycles. The van der Waals surface area contributed by atoms with E-state index in [4.69, 9.17) is 9.47 Å². The van der Waals surface area contributed by atoms with Gasteiger partial charge in [0.2, 0.25) is 0 Å². The van der Waals surface area contributed by atoms with Crippen molar-refractivity contribution in [1.29, 1.82) is 0 Å². The van der Waals surface area contributed by atoms with Crippen molar-refractivity contribution in [3.63, 3.8) is 0 Å². The third-order valence-corrected chi connectivity index (χ3v) is 2.60. The number of hydrogen-bond donors (Lipinski definition) is 1. The van der Waals surface area contributed by atoms with Gasteiger partial charge in [-0.3, -0.25) is 0 Å². The lowest BCUT2D eigenvalue weighted by Gasteiger charge is -2.26. The molecule has 0 aromatic carbocycles. The SMILES string of the molecule is CNC(COC)CC1CCCCO1. The number of ether oxygens (including phenoxy) is 2. The number of methoxy groups -OCH3 is 1. The summed E-state index contributed by atoms with van der Waals surface area (Å²) in [5.74, 6) is 0. The van der Waals surface area contributed by atoms with Gasteiger partial charge in [-0.25, -0.2) is 0 Å². The first-order valence-corrected chi connectivity index (χ1v) is 5.14. The Morgan fingerprint density at radius 1 is 1.54 bits per heavy atom. The fraction of sp³-hybridized carbons (Fsp3) is 1.00. The summed E-state index contributed by atoms with van der Waals surface area (Å²) in [4.78, 5) is 0. The Bertz CT molecular complexity index is 121. The van der Waals surface area contributed by atoms with Crippen molar-refractivity contribution in [2.75, 3.05) is 27.4 Å². The average Bonchev–Trinajstić information content (AvgIpc) is 2.19. The van der Waals surface area contributed by atoms with Gasteiger partial charge in [0.1, 0.15) is 0 Å². The molecule has 0 aromatic rings. The third kappa shape index (κ3) is 4.07. The van der Waals surface area contributed by atoms with Crippen molar-refractivity contribution < 1.29 is 9.47 Å². The van der Waals surface area contributed by atoms with Gasteiger partial charge in [-0.15, -0.1) is 0 Å². The number of hydrogen-bond acceptors (Lipinski definition) is 3. The Labute approximate surface area is 80.8 Å². The normalized spacial score (nSPS) is 25.8. The molecular weight excluding hydrogens is 166 g/mol. The third-order valence-electron chi connectivity index (χ3n) is 2.60. The van der Waals surface area contributed by atoms with Crippen molar-refractivity contribution >= 4 is 0 Å². The first-order valence-electron chi connectivity index (χ1n) is 5.14. The van der Waals surface area contributed by atoms with E-state index < -0.39 is 0 Å². The van der Waals surface area contributed by atoms with E-state index in [1.54, 1.807) is 7.11 Å². The first-order chi connectivity index (χ1) is 6.36. The molecule has 1 aliphatic rings. The second kappa shape index (κ2) is 6.35. The number of nitrogens with one attached hydrogen (secondary N) is 1. The maximum atomic E-state index is 5.66. The molecule has 3 heteroatoms. The standard InChI is InChI=1S/C10H21NO2/c1-11-9(8-12-2)7-10-5-3-4-6-13-10/h9-11H,3-8H2,1-2H3. The zero-order chi connectivity index (χ0) is 9.52. The summed E-state index contributed by atoms with van der Waals surface area (Å²) in [5, 5.41) is 3.25. The maximum Gasteiger partial charge on any atom is 0.0616 e. The molecule has 78 valence electrons. The molecule has 0 bridgehead atoms. The van der Waals surface area contributed by atoms with Gasteiger partial charge >= 0.3 is 0 Å². The molecule has 0 spiro atoms. The minimum Gasteiger partial charge on any atom is -0.383 e. The van der Waals surface area contributed by atoms with Crippen LogP contribution in [0.3, 0.4) is 0 Å². The molecular formula is C10H21NO2. The fourth-order valence-corrected chi connectivity index (χ4v) is 1.78. The zero-order valence-corrected chi connectivity index (χ0v) is 8.71. The summed E-state index contributed by atoms with van der Waals surface area (Å²) >= 11 is 0. The van der Waals surface area contributed by atoms with Gasteiger partial charge in [0, 0.05) is 19.8 Å². The van der Waals surface area contributed by atoms with Crippen molar-refractivity contribution in [3.8, 4) is 0 Å². The lowest BCUT2D eigenvalue weighted by atomic mass is 10.0. The minimum atomic E-state index is 0.438. The molecule has 2 atom stereocenters. The van der Waals surface area contributed by atoms with Gasteiger partial charge in [0.15, 0.2) is 0 Å². The molecule has 1 aliphatic heterocycles. The van der Waals surface area contributed by atoms with Gasteiger partial charge in [0.25, 0.3) is 0 Å². The van der Waals surface area contributed by atoms with Crippen LogP contribution in [0, 0.1) is 0 Å². The highest BCUT2D eigenvalue weighted by Gasteiger charge is 2.18. The summed E-state index contributed by atoms with van der Waals surface area (Å²) in [6.45, 7) is 1.71. The van der Waals surface area contributed by atoms with Crippen LogP contribution < -0.4 is 5.32 Å². The van der Waals surface area contributed by atoms with E-state index in [1.807, 2.05) is 7.05 Å².